The molecule has 1 nitrogen and oxygen atoms in total. The van der Waals surface area contributed by atoms with Crippen LogP contribution in [0.2, 0.25) is 24.2 Å². The molecule has 0 radical (unpaired) electrons. The van der Waals surface area contributed by atoms with Gasteiger partial charge in [-0.1, -0.05) is 72.0 Å². The zero-order valence-electron chi connectivity index (χ0n) is 16.2. The highest BCUT2D eigenvalue weighted by Crippen LogP contribution is 2.39. The molecule has 0 atom stereocenters. The van der Waals surface area contributed by atoms with Crippen molar-refractivity contribution in [2.24, 2.45) is 0 Å². The molecule has 0 unspecified atom stereocenters. The highest BCUT2D eigenvalue weighted by Gasteiger charge is 2.35. The molecule has 2 heteroatoms. The first-order valence-electron chi connectivity index (χ1n) is 8.62. The molecule has 126 valence electrons. The third-order valence-electron chi connectivity index (χ3n) is 5.45. The molecule has 0 amide bonds. The summed E-state index contributed by atoms with van der Waals surface area (Å²) in [5.74, 6) is 0.527. The molecule has 0 spiro atoms. The second-order valence-electron chi connectivity index (χ2n) is 8.98. The van der Waals surface area contributed by atoms with Crippen molar-refractivity contribution < 1.29 is 4.74 Å². The van der Waals surface area contributed by atoms with Gasteiger partial charge in [-0.05, 0) is 42.0 Å². The lowest BCUT2D eigenvalue weighted by Gasteiger charge is -2.38. The molecule has 0 fully saturated rings. The normalized spacial score (nSPS) is 13.7. The average molecular weight is 321 g/mol. The quantitative estimate of drug-likeness (QED) is 0.538. The lowest BCUT2D eigenvalue weighted by Crippen LogP contribution is -2.39. The first-order valence-corrected chi connectivity index (χ1v) is 11.8. The number of rotatable bonds is 6. The third kappa shape index (κ3) is 4.69. The van der Waals surface area contributed by atoms with Crippen molar-refractivity contribution in [3.63, 3.8) is 0 Å². The molecule has 0 saturated heterocycles. The van der Waals surface area contributed by atoms with E-state index in [1.165, 1.54) is 17.2 Å². The molecule has 0 N–H and O–H groups in total. The molecule has 1 aromatic carbocycles. The van der Waals surface area contributed by atoms with Crippen LogP contribution in [0.1, 0.15) is 65.5 Å². The first kappa shape index (κ1) is 19.4. The smallest absolute Gasteiger partial charge is 0.0877 e. The van der Waals surface area contributed by atoms with E-state index in [2.05, 4.69) is 85.8 Å². The fourth-order valence-electron chi connectivity index (χ4n) is 2.56. The van der Waals surface area contributed by atoms with Gasteiger partial charge in [0.25, 0.3) is 0 Å². The van der Waals surface area contributed by atoms with Crippen LogP contribution in [0, 0.1) is 0 Å². The maximum atomic E-state index is 6.37. The van der Waals surface area contributed by atoms with Crippen LogP contribution in [0.4, 0.5) is 0 Å². The van der Waals surface area contributed by atoms with Crippen molar-refractivity contribution in [2.45, 2.75) is 84.2 Å². The summed E-state index contributed by atoms with van der Waals surface area (Å²) in [6.45, 7) is 21.9. The van der Waals surface area contributed by atoms with Crippen LogP contribution in [0.15, 0.2) is 24.3 Å². The fraction of sp³-hybridized carbons (Fsp3) is 0.700. The van der Waals surface area contributed by atoms with Gasteiger partial charge in [0.2, 0.25) is 0 Å². The van der Waals surface area contributed by atoms with Gasteiger partial charge in [-0.2, -0.15) is 0 Å². The van der Waals surface area contributed by atoms with Crippen LogP contribution in [0.3, 0.4) is 0 Å². The second kappa shape index (κ2) is 6.88. The Kier molecular flexibility index (Phi) is 6.08. The van der Waals surface area contributed by atoms with Gasteiger partial charge >= 0.3 is 0 Å². The van der Waals surface area contributed by atoms with Gasteiger partial charge in [0.05, 0.1) is 13.7 Å². The van der Waals surface area contributed by atoms with Gasteiger partial charge in [0, 0.05) is 6.61 Å². The monoisotopic (exact) mass is 320 g/mol. The summed E-state index contributed by atoms with van der Waals surface area (Å²) >= 11 is 0. The maximum absolute atomic E-state index is 6.37. The Morgan fingerprint density at radius 2 is 1.55 bits per heavy atom. The van der Waals surface area contributed by atoms with Crippen molar-refractivity contribution >= 4 is 8.07 Å². The topological polar surface area (TPSA) is 9.23 Å². The van der Waals surface area contributed by atoms with E-state index in [0.29, 0.717) is 11.0 Å². The third-order valence-corrected chi connectivity index (χ3v) is 11.0. The Hall–Kier alpha value is -0.603. The molecular weight excluding hydrogens is 284 g/mol. The van der Waals surface area contributed by atoms with E-state index in [1.54, 1.807) is 0 Å². The Bertz CT molecular complexity index is 481. The minimum absolute atomic E-state index is 0.219. The average Bonchev–Trinajstić information content (AvgIpc) is 2.36. The Balaban J connectivity index is 2.81. The van der Waals surface area contributed by atoms with E-state index in [1.807, 2.05) is 0 Å². The molecule has 0 aromatic heterocycles. The van der Waals surface area contributed by atoms with Crippen molar-refractivity contribution in [1.82, 2.24) is 0 Å². The summed E-state index contributed by atoms with van der Waals surface area (Å²) in [4.78, 5) is 0. The first-order chi connectivity index (χ1) is 9.88. The Morgan fingerprint density at radius 3 is 2.05 bits per heavy atom. The van der Waals surface area contributed by atoms with Gasteiger partial charge in [-0.15, -0.1) is 0 Å². The Morgan fingerprint density at radius 1 is 1.00 bits per heavy atom. The minimum atomic E-state index is -1.27. The summed E-state index contributed by atoms with van der Waals surface area (Å²) < 4.78 is 6.37. The van der Waals surface area contributed by atoms with Gasteiger partial charge < -0.3 is 4.74 Å². The number of ether oxygens (including phenoxy) is 1. The van der Waals surface area contributed by atoms with Crippen molar-refractivity contribution in [1.29, 1.82) is 0 Å². The van der Waals surface area contributed by atoms with Gasteiger partial charge in [-0.25, -0.2) is 0 Å². The summed E-state index contributed by atoms with van der Waals surface area (Å²) in [6.07, 6.45) is 0. The number of hydrogen-bond donors (Lipinski definition) is 0. The lowest BCUT2D eigenvalue weighted by molar-refractivity contribution is -0.0154. The minimum Gasteiger partial charge on any atom is -0.371 e. The highest BCUT2D eigenvalue weighted by atomic mass is 28.3. The number of hydrogen-bond acceptors (Lipinski definition) is 1. The van der Waals surface area contributed by atoms with Gasteiger partial charge in [-0.3, -0.25) is 0 Å². The van der Waals surface area contributed by atoms with E-state index < -0.39 is 8.07 Å². The molecule has 0 bridgehead atoms. The SMILES string of the molecule is CC(C)c1ccccc1C(C)(C)OCC[Si](C)(C)C(C)(C)C. The van der Waals surface area contributed by atoms with E-state index in [9.17, 15) is 0 Å². The molecular formula is C20H36OSi. The highest BCUT2D eigenvalue weighted by molar-refractivity contribution is 6.80. The Labute approximate surface area is 139 Å². The predicted octanol–water partition coefficient (Wildman–Crippen LogP) is 6.57. The van der Waals surface area contributed by atoms with E-state index in [0.717, 1.165) is 6.61 Å². The number of benzene rings is 1. The maximum Gasteiger partial charge on any atom is 0.0877 e. The van der Waals surface area contributed by atoms with Crippen molar-refractivity contribution in [2.75, 3.05) is 6.61 Å². The van der Waals surface area contributed by atoms with Crippen LogP contribution in [0.25, 0.3) is 0 Å². The fourth-order valence-corrected chi connectivity index (χ4v) is 3.93. The standard InChI is InChI=1S/C20H36OSi/c1-16(2)17-12-10-11-13-18(17)20(6,7)21-14-15-22(8,9)19(3,4)5/h10-13,16H,14-15H2,1-9H3. The van der Waals surface area contributed by atoms with Crippen molar-refractivity contribution in [3.05, 3.63) is 35.4 Å². The van der Waals surface area contributed by atoms with Crippen LogP contribution in [-0.2, 0) is 10.3 Å². The zero-order valence-corrected chi connectivity index (χ0v) is 17.2. The molecule has 1 aromatic rings. The summed E-state index contributed by atoms with van der Waals surface area (Å²) in [7, 11) is -1.27. The van der Waals surface area contributed by atoms with Crippen molar-refractivity contribution in [3.8, 4) is 0 Å². The van der Waals surface area contributed by atoms with Gasteiger partial charge in [0.1, 0.15) is 0 Å². The van der Waals surface area contributed by atoms with E-state index >= 15 is 0 Å². The molecule has 0 aliphatic rings. The molecule has 0 aliphatic carbocycles. The molecule has 1 rings (SSSR count). The molecule has 22 heavy (non-hydrogen) atoms. The molecule has 0 heterocycles. The van der Waals surface area contributed by atoms with E-state index in [-0.39, 0.29) is 5.60 Å². The van der Waals surface area contributed by atoms with Crippen LogP contribution < -0.4 is 0 Å². The second-order valence-corrected chi connectivity index (χ2v) is 14.8. The lowest BCUT2D eigenvalue weighted by atomic mass is 9.88. The molecule has 0 saturated carbocycles. The summed E-state index contributed by atoms with van der Waals surface area (Å²) in [6, 6.07) is 9.93. The van der Waals surface area contributed by atoms with Gasteiger partial charge in [0.15, 0.2) is 0 Å². The largest absolute Gasteiger partial charge is 0.371 e. The molecule has 0 aliphatic heterocycles. The van der Waals surface area contributed by atoms with E-state index in [4.69, 9.17) is 4.74 Å². The summed E-state index contributed by atoms with van der Waals surface area (Å²) in [5, 5.41) is 0.427. The van der Waals surface area contributed by atoms with Crippen LogP contribution in [-0.4, -0.2) is 14.7 Å². The summed E-state index contributed by atoms with van der Waals surface area (Å²) in [5.41, 5.74) is 2.52. The zero-order chi connectivity index (χ0) is 17.2. The van der Waals surface area contributed by atoms with Crippen LogP contribution >= 0.6 is 0 Å². The van der Waals surface area contributed by atoms with Crippen LogP contribution in [0.5, 0.6) is 0 Å². The predicted molar refractivity (Wildman–Crippen MR) is 102 cm³/mol.